The molecule has 82 heavy (non-hydrogen) atoms. The molecule has 0 aromatic rings. The molecule has 0 N–H and O–H groups in total. The molecule has 0 aliphatic rings. The largest absolute Gasteiger partial charge is 0.358 e. The molecule has 330 valence electrons. The van der Waals surface area contributed by atoms with E-state index >= 15 is 0 Å². The Morgan fingerprint density at radius 2 is 0.0976 bits per heavy atom. The van der Waals surface area contributed by atoms with Gasteiger partial charge in [-0.05, 0) is 94.7 Å². The van der Waals surface area contributed by atoms with E-state index in [1.54, 1.807) is 0 Å². The highest BCUT2D eigenvalue weighted by molar-refractivity contribution is 5.54. The van der Waals surface area contributed by atoms with Gasteiger partial charge in [0.05, 0.1) is 0 Å². The van der Waals surface area contributed by atoms with Gasteiger partial charge in [0.1, 0.15) is 0 Å². The highest BCUT2D eigenvalue weighted by Gasteiger charge is 1.65. The van der Waals surface area contributed by atoms with Crippen LogP contribution < -0.4 is 0 Å². The standard InChI is InChI=1S/C82/c1-3-5-7-9-11-13-15-17-19-21-23-25-27-29-31-33-35-37-39-41-43-45-47-49-51-53-55-57-59-61-63-65-67-69-71-73-75-77-79-81-82-80-78-76-74-72-70-68-66-64-62-60-58-56-54-52-50-48-46-44-42-40-38-36-34-32-30-28-26-24-22-20-18-16-14-12-10-8-6-4-2/q-2. The Morgan fingerprint density at radius 1 is 0.0610 bits per heavy atom. The Kier molecular flexibility index (Phi) is 49.1. The van der Waals surface area contributed by atoms with Crippen LogP contribution >= 0.6 is 0 Å². The van der Waals surface area contributed by atoms with Crippen LogP contribution in [0.3, 0.4) is 0 Å². The van der Waals surface area contributed by atoms with Crippen LogP contribution in [-0.4, -0.2) is 0 Å². The molecule has 0 unspecified atom stereocenters. The van der Waals surface area contributed by atoms with Crippen molar-refractivity contribution in [3.8, 4) is 474 Å². The van der Waals surface area contributed by atoms with Gasteiger partial charge in [-0.25, -0.2) is 11.8 Å². The Labute approximate surface area is 483 Å². The van der Waals surface area contributed by atoms with Gasteiger partial charge in [0.15, 0.2) is 0 Å². The van der Waals surface area contributed by atoms with Crippen LogP contribution in [0.4, 0.5) is 0 Å². The normalized spacial score (nSPS) is 3.93. The summed E-state index contributed by atoms with van der Waals surface area (Å²) in [5.41, 5.74) is 0. The summed E-state index contributed by atoms with van der Waals surface area (Å²) < 4.78 is 0. The zero-order chi connectivity index (χ0) is 58.6. The maximum atomic E-state index is 6.58. The maximum absolute atomic E-state index is 6.58. The fraction of sp³-hybridized carbons (Fsp3) is 0. The minimum atomic E-state index is 1.87. The van der Waals surface area contributed by atoms with Gasteiger partial charge in [-0.1, -0.05) is 0 Å². The van der Waals surface area contributed by atoms with Crippen molar-refractivity contribution in [2.45, 2.75) is 0 Å². The third-order valence-corrected chi connectivity index (χ3v) is 4.94. The van der Waals surface area contributed by atoms with Crippen molar-refractivity contribution in [2.24, 2.45) is 0 Å². The van der Waals surface area contributed by atoms with E-state index in [9.17, 15) is 0 Å². The SMILES string of the molecule is [C-]#CC#CC#CC#CC#CC#CC#CC#CC#CC#CC#CC#CC#CC#CC#CC#CC#CC#CC#CC#CC#CC#CC#CC#CC#CC#CC#CC#CC#CC#CC#CC#CC#CC#CC#CC#CC#CC#CC#CC#CC#[C-]. The summed E-state index contributed by atoms with van der Waals surface area (Å²) >= 11 is 0. The second-order valence-corrected chi connectivity index (χ2v) is 10.0. The third kappa shape index (κ3) is 62.0. The molecule has 0 aliphatic carbocycles. The summed E-state index contributed by atoms with van der Waals surface area (Å²) in [6.45, 7) is 0. The molecule has 0 nitrogen and oxygen atoms in total. The van der Waals surface area contributed by atoms with Gasteiger partial charge in [0, 0.05) is 343 Å². The fourth-order valence-electron chi connectivity index (χ4n) is 2.44. The molecule has 0 heteroatoms. The molecule has 0 radical (unpaired) electrons. The van der Waals surface area contributed by atoms with Gasteiger partial charge < -0.3 is 12.8 Å². The van der Waals surface area contributed by atoms with Crippen molar-refractivity contribution in [3.63, 3.8) is 0 Å². The van der Waals surface area contributed by atoms with Crippen molar-refractivity contribution in [1.82, 2.24) is 0 Å². The predicted molar refractivity (Wildman–Crippen MR) is 318 cm³/mol. The van der Waals surface area contributed by atoms with Gasteiger partial charge in [-0.15, -0.1) is 11.8 Å². The summed E-state index contributed by atoms with van der Waals surface area (Å²) in [6, 6.07) is 0. The molecule has 0 heterocycles. The van der Waals surface area contributed by atoms with E-state index in [4.69, 9.17) is 12.8 Å². The number of hydrogen-bond acceptors (Lipinski definition) is 0. The highest BCUT2D eigenvalue weighted by atomic mass is 13.7. The minimum absolute atomic E-state index is 1.87. The molecule has 0 saturated heterocycles. The average Bonchev–Trinajstić information content (AvgIpc) is 3.48. The summed E-state index contributed by atoms with van der Waals surface area (Å²) in [6.07, 6.45) is 13.2. The monoisotopic (exact) mass is 984 g/mol. The van der Waals surface area contributed by atoms with E-state index in [1.165, 1.54) is 0 Å². The molecule has 0 amide bonds. The van der Waals surface area contributed by atoms with Crippen molar-refractivity contribution in [2.75, 3.05) is 0 Å². The molecule has 0 aromatic carbocycles. The molecule has 0 atom stereocenters. The molecule has 0 aromatic heterocycles. The molecule has 0 bridgehead atoms. The van der Waals surface area contributed by atoms with Crippen LogP contribution in [0, 0.1) is 486 Å². The second kappa shape index (κ2) is 63.0. The lowest BCUT2D eigenvalue weighted by Crippen LogP contribution is -1.57. The van der Waals surface area contributed by atoms with Gasteiger partial charge in [0.2, 0.25) is 0 Å². The van der Waals surface area contributed by atoms with Crippen molar-refractivity contribution >= 4 is 0 Å². The lowest BCUT2D eigenvalue weighted by atomic mass is 10.4. The summed E-state index contributed by atoms with van der Waals surface area (Å²) in [5, 5.41) is 0. The van der Waals surface area contributed by atoms with Crippen LogP contribution in [0.1, 0.15) is 0 Å². The summed E-state index contributed by atoms with van der Waals surface area (Å²) in [7, 11) is 0. The predicted octanol–water partition coefficient (Wildman–Crippen LogP) is 0.299. The fourth-order valence-corrected chi connectivity index (χ4v) is 2.44. The molecule has 0 fully saturated rings. The molecule has 0 aliphatic heterocycles. The Morgan fingerprint density at radius 3 is 0.134 bits per heavy atom. The first-order chi connectivity index (χ1) is 40.9. The van der Waals surface area contributed by atoms with Gasteiger partial charge in [-0.2, -0.15) is 0 Å². The molecular formula is C82-2. The first-order valence-corrected chi connectivity index (χ1v) is 20.2. The van der Waals surface area contributed by atoms with Crippen LogP contribution in [-0.2, 0) is 0 Å². The zero-order valence-electron chi connectivity index (χ0n) is 41.0. The van der Waals surface area contributed by atoms with E-state index in [2.05, 4.69) is 462 Å². The molecule has 0 spiro atoms. The van der Waals surface area contributed by atoms with Gasteiger partial charge in [-0.3, -0.25) is 11.8 Å². The zero-order valence-corrected chi connectivity index (χ0v) is 41.0. The van der Waals surface area contributed by atoms with E-state index in [0.29, 0.717) is 0 Å². The smallest absolute Gasteiger partial charge is 0 e. The number of hydrogen-bond donors (Lipinski definition) is 0. The van der Waals surface area contributed by atoms with Crippen LogP contribution in [0.5, 0.6) is 0 Å². The highest BCUT2D eigenvalue weighted by Crippen LogP contribution is 1.65. The third-order valence-electron chi connectivity index (χ3n) is 4.94. The van der Waals surface area contributed by atoms with E-state index in [-0.39, 0.29) is 0 Å². The van der Waals surface area contributed by atoms with Crippen molar-refractivity contribution in [3.05, 3.63) is 12.8 Å². The van der Waals surface area contributed by atoms with Crippen LogP contribution in [0.2, 0.25) is 0 Å². The Balaban J connectivity index is 4.62. The first kappa shape index (κ1) is 64.0. The average molecular weight is 985 g/mol. The Bertz CT molecular complexity index is 5240. The molecule has 0 saturated carbocycles. The van der Waals surface area contributed by atoms with E-state index in [1.807, 2.05) is 11.8 Å². The van der Waals surface area contributed by atoms with Crippen molar-refractivity contribution < 1.29 is 0 Å². The van der Waals surface area contributed by atoms with Crippen LogP contribution in [0.25, 0.3) is 0 Å². The summed E-state index contributed by atoms with van der Waals surface area (Å²) in [5.74, 6) is 197. The quantitative estimate of drug-likeness (QED) is 0.243. The molecular weight excluding hydrogens is 985 g/mol. The van der Waals surface area contributed by atoms with E-state index < -0.39 is 0 Å². The number of rotatable bonds is 0. The Hall–Kier alpha value is -18.0. The lowest BCUT2D eigenvalue weighted by Gasteiger charge is -1.63. The topological polar surface area (TPSA) is 0 Å². The minimum Gasteiger partial charge on any atom is -0.358 e. The maximum Gasteiger partial charge on any atom is 0 e. The van der Waals surface area contributed by atoms with Gasteiger partial charge in [0.25, 0.3) is 0 Å². The summed E-state index contributed by atoms with van der Waals surface area (Å²) in [4.78, 5) is 0. The van der Waals surface area contributed by atoms with Crippen LogP contribution in [0.15, 0.2) is 0 Å². The first-order valence-electron chi connectivity index (χ1n) is 20.2. The van der Waals surface area contributed by atoms with E-state index in [0.717, 1.165) is 0 Å². The van der Waals surface area contributed by atoms with Crippen molar-refractivity contribution in [1.29, 1.82) is 0 Å². The lowest BCUT2D eigenvalue weighted by molar-refractivity contribution is 2.31. The second-order valence-electron chi connectivity index (χ2n) is 10.0. The van der Waals surface area contributed by atoms with Gasteiger partial charge >= 0.3 is 0 Å². The molecule has 0 rings (SSSR count).